The van der Waals surface area contributed by atoms with E-state index in [1.165, 1.54) is 0 Å². The zero-order chi connectivity index (χ0) is 9.78. The lowest BCUT2D eigenvalue weighted by atomic mass is 9.78. The van der Waals surface area contributed by atoms with Crippen LogP contribution in [-0.2, 0) is 4.79 Å². The van der Waals surface area contributed by atoms with Gasteiger partial charge in [-0.2, -0.15) is 0 Å². The number of allylic oxidation sites excluding steroid dienone is 1. The van der Waals surface area contributed by atoms with E-state index in [1.807, 2.05) is 20.8 Å². The van der Waals surface area contributed by atoms with Gasteiger partial charge in [-0.05, 0) is 18.3 Å². The van der Waals surface area contributed by atoms with E-state index in [0.717, 1.165) is 6.42 Å². The number of rotatable bonds is 4. The molecule has 0 heterocycles. The highest BCUT2D eigenvalue weighted by Crippen LogP contribution is 2.29. The summed E-state index contributed by atoms with van der Waals surface area (Å²) in [7, 11) is 0. The third kappa shape index (κ3) is 3.56. The van der Waals surface area contributed by atoms with Crippen molar-refractivity contribution in [2.45, 2.75) is 33.6 Å². The fourth-order valence-electron chi connectivity index (χ4n) is 1.21. The Morgan fingerprint density at radius 3 is 2.33 bits per heavy atom. The molecule has 0 fully saturated rings. The van der Waals surface area contributed by atoms with Gasteiger partial charge in [-0.25, -0.2) is 0 Å². The van der Waals surface area contributed by atoms with Crippen LogP contribution in [-0.4, -0.2) is 11.1 Å². The summed E-state index contributed by atoms with van der Waals surface area (Å²) in [6.07, 6.45) is 3.22. The summed E-state index contributed by atoms with van der Waals surface area (Å²) in [4.78, 5) is 10.8. The molecule has 0 aromatic rings. The average molecular weight is 170 g/mol. The number of aliphatic carboxylic acids is 1. The van der Waals surface area contributed by atoms with E-state index in [-0.39, 0.29) is 11.3 Å². The van der Waals surface area contributed by atoms with Gasteiger partial charge in [-0.3, -0.25) is 4.79 Å². The third-order valence-corrected chi connectivity index (χ3v) is 2.00. The van der Waals surface area contributed by atoms with Gasteiger partial charge in [0, 0.05) is 0 Å². The van der Waals surface area contributed by atoms with Crippen molar-refractivity contribution in [1.82, 2.24) is 0 Å². The quantitative estimate of drug-likeness (QED) is 0.659. The summed E-state index contributed by atoms with van der Waals surface area (Å²) in [6, 6.07) is 0. The predicted molar refractivity (Wildman–Crippen MR) is 50.0 cm³/mol. The van der Waals surface area contributed by atoms with E-state index in [9.17, 15) is 4.79 Å². The molecule has 0 aliphatic heterocycles. The van der Waals surface area contributed by atoms with Crippen molar-refractivity contribution in [1.29, 1.82) is 0 Å². The molecule has 0 aliphatic rings. The first-order valence-electron chi connectivity index (χ1n) is 4.23. The predicted octanol–water partition coefficient (Wildman–Crippen LogP) is 2.70. The summed E-state index contributed by atoms with van der Waals surface area (Å²) in [5.41, 5.74) is -0.158. The molecule has 0 spiro atoms. The van der Waals surface area contributed by atoms with Crippen LogP contribution in [0.15, 0.2) is 12.7 Å². The van der Waals surface area contributed by atoms with Gasteiger partial charge < -0.3 is 5.11 Å². The van der Waals surface area contributed by atoms with Crippen LogP contribution < -0.4 is 0 Å². The maximum atomic E-state index is 10.8. The van der Waals surface area contributed by atoms with Crippen LogP contribution >= 0.6 is 0 Å². The fraction of sp³-hybridized carbons (Fsp3) is 0.700. The number of hydrogen-bond acceptors (Lipinski definition) is 1. The molecule has 2 heteroatoms. The molecular formula is C10H18O2. The van der Waals surface area contributed by atoms with Gasteiger partial charge >= 0.3 is 5.97 Å². The van der Waals surface area contributed by atoms with E-state index in [1.54, 1.807) is 6.08 Å². The topological polar surface area (TPSA) is 37.3 Å². The monoisotopic (exact) mass is 170 g/mol. The molecule has 0 saturated heterocycles. The minimum Gasteiger partial charge on any atom is -0.481 e. The second-order valence-electron chi connectivity index (χ2n) is 4.12. The zero-order valence-corrected chi connectivity index (χ0v) is 8.13. The smallest absolute Gasteiger partial charge is 0.307 e. The Morgan fingerprint density at radius 2 is 2.08 bits per heavy atom. The molecular weight excluding hydrogens is 152 g/mol. The molecule has 1 atom stereocenters. The second-order valence-corrected chi connectivity index (χ2v) is 4.12. The van der Waals surface area contributed by atoms with Crippen LogP contribution in [0.5, 0.6) is 0 Å². The average Bonchev–Trinajstić information content (AvgIpc) is 1.84. The minimum atomic E-state index is -0.704. The van der Waals surface area contributed by atoms with Crippen LogP contribution in [0.3, 0.4) is 0 Å². The molecule has 12 heavy (non-hydrogen) atoms. The van der Waals surface area contributed by atoms with Crippen molar-refractivity contribution < 1.29 is 9.90 Å². The molecule has 1 unspecified atom stereocenters. The Hall–Kier alpha value is -0.790. The van der Waals surface area contributed by atoms with E-state index < -0.39 is 5.97 Å². The van der Waals surface area contributed by atoms with Gasteiger partial charge in [-0.1, -0.05) is 26.8 Å². The normalized spacial score (nSPS) is 13.9. The van der Waals surface area contributed by atoms with E-state index in [2.05, 4.69) is 6.58 Å². The van der Waals surface area contributed by atoms with Crippen LogP contribution in [0.2, 0.25) is 0 Å². The van der Waals surface area contributed by atoms with E-state index in [4.69, 9.17) is 5.11 Å². The van der Waals surface area contributed by atoms with Gasteiger partial charge in [0.2, 0.25) is 0 Å². The number of carboxylic acid groups (broad SMARTS) is 1. The van der Waals surface area contributed by atoms with Crippen LogP contribution in [0.1, 0.15) is 33.6 Å². The molecule has 0 aromatic carbocycles. The Kier molecular flexibility index (Phi) is 4.01. The Balaban J connectivity index is 4.24. The minimum absolute atomic E-state index is 0.158. The summed E-state index contributed by atoms with van der Waals surface area (Å²) < 4.78 is 0. The van der Waals surface area contributed by atoms with Crippen LogP contribution in [0.4, 0.5) is 0 Å². The van der Waals surface area contributed by atoms with Crippen LogP contribution in [0.25, 0.3) is 0 Å². The Morgan fingerprint density at radius 1 is 1.58 bits per heavy atom. The first-order chi connectivity index (χ1) is 5.39. The first kappa shape index (κ1) is 11.2. The summed E-state index contributed by atoms with van der Waals surface area (Å²) in [5.74, 6) is -0.972. The summed E-state index contributed by atoms with van der Waals surface area (Å²) in [5, 5.41) is 8.90. The molecule has 0 saturated carbocycles. The highest BCUT2D eigenvalue weighted by atomic mass is 16.4. The Labute approximate surface area is 74.3 Å². The Bertz CT molecular complexity index is 165. The van der Waals surface area contributed by atoms with Crippen molar-refractivity contribution in [2.75, 3.05) is 0 Å². The van der Waals surface area contributed by atoms with Crippen molar-refractivity contribution >= 4 is 5.97 Å². The number of carboxylic acids is 1. The molecule has 70 valence electrons. The number of hydrogen-bond donors (Lipinski definition) is 1. The fourth-order valence-corrected chi connectivity index (χ4v) is 1.21. The maximum Gasteiger partial charge on any atom is 0.307 e. The second kappa shape index (κ2) is 4.29. The maximum absolute atomic E-state index is 10.8. The lowest BCUT2D eigenvalue weighted by Gasteiger charge is -2.26. The largest absolute Gasteiger partial charge is 0.481 e. The van der Waals surface area contributed by atoms with Gasteiger partial charge in [0.05, 0.1) is 5.92 Å². The molecule has 0 amide bonds. The molecule has 0 bridgehead atoms. The van der Waals surface area contributed by atoms with Gasteiger partial charge in [0.15, 0.2) is 0 Å². The lowest BCUT2D eigenvalue weighted by molar-refractivity contribution is -0.145. The van der Waals surface area contributed by atoms with E-state index in [0.29, 0.717) is 6.42 Å². The summed E-state index contributed by atoms with van der Waals surface area (Å²) >= 11 is 0. The first-order valence-corrected chi connectivity index (χ1v) is 4.23. The van der Waals surface area contributed by atoms with Gasteiger partial charge in [-0.15, -0.1) is 6.58 Å². The van der Waals surface area contributed by atoms with Gasteiger partial charge in [0.1, 0.15) is 0 Å². The number of carbonyl (C=O) groups is 1. The SMILES string of the molecule is C=CCCC(C(=O)O)C(C)(C)C. The molecule has 1 N–H and O–H groups in total. The van der Waals surface area contributed by atoms with Crippen LogP contribution in [0, 0.1) is 11.3 Å². The van der Waals surface area contributed by atoms with Crippen molar-refractivity contribution in [3.05, 3.63) is 12.7 Å². The molecule has 0 aromatic heterocycles. The molecule has 0 rings (SSSR count). The molecule has 0 radical (unpaired) electrons. The zero-order valence-electron chi connectivity index (χ0n) is 8.13. The third-order valence-electron chi connectivity index (χ3n) is 2.00. The van der Waals surface area contributed by atoms with E-state index >= 15 is 0 Å². The highest BCUT2D eigenvalue weighted by Gasteiger charge is 2.29. The summed E-state index contributed by atoms with van der Waals surface area (Å²) in [6.45, 7) is 9.44. The van der Waals surface area contributed by atoms with Gasteiger partial charge in [0.25, 0.3) is 0 Å². The lowest BCUT2D eigenvalue weighted by Crippen LogP contribution is -2.28. The molecule has 0 aliphatic carbocycles. The molecule has 2 nitrogen and oxygen atoms in total. The van der Waals surface area contributed by atoms with Crippen molar-refractivity contribution in [3.63, 3.8) is 0 Å². The highest BCUT2D eigenvalue weighted by molar-refractivity contribution is 5.70. The standard InChI is InChI=1S/C10H18O2/c1-5-6-7-8(9(11)12)10(2,3)4/h5,8H,1,6-7H2,2-4H3,(H,11,12). The van der Waals surface area contributed by atoms with Crippen molar-refractivity contribution in [3.8, 4) is 0 Å². The van der Waals surface area contributed by atoms with Crippen molar-refractivity contribution in [2.24, 2.45) is 11.3 Å².